The smallest absolute Gasteiger partial charge is 0.227 e. The summed E-state index contributed by atoms with van der Waals surface area (Å²) in [6, 6.07) is 6.83. The Morgan fingerprint density at radius 3 is 2.89 bits per heavy atom. The van der Waals surface area contributed by atoms with Gasteiger partial charge in [-0.2, -0.15) is 0 Å². The van der Waals surface area contributed by atoms with Crippen molar-refractivity contribution in [1.29, 1.82) is 0 Å². The third kappa shape index (κ3) is 2.26. The molecule has 1 aromatic heterocycles. The predicted octanol–water partition coefficient (Wildman–Crippen LogP) is 1.57. The Bertz CT molecular complexity index is 553. The lowest BCUT2D eigenvalue weighted by atomic mass is 10.1. The molecule has 0 unspecified atom stereocenters. The van der Waals surface area contributed by atoms with Crippen LogP contribution in [0.2, 0.25) is 0 Å². The van der Waals surface area contributed by atoms with Crippen LogP contribution in [0.1, 0.15) is 11.3 Å². The van der Waals surface area contributed by atoms with Crippen molar-refractivity contribution >= 4 is 11.6 Å². The number of fused-ring (bicyclic) bond motifs is 1. The Balaban J connectivity index is 1.82. The van der Waals surface area contributed by atoms with E-state index in [0.717, 1.165) is 30.9 Å². The maximum absolute atomic E-state index is 9.21. The average molecular weight is 242 g/mol. The van der Waals surface area contributed by atoms with E-state index in [1.54, 1.807) is 24.3 Å². The van der Waals surface area contributed by atoms with Crippen molar-refractivity contribution in [2.75, 3.05) is 11.9 Å². The first-order chi connectivity index (χ1) is 8.81. The summed E-state index contributed by atoms with van der Waals surface area (Å²) in [6.45, 7) is 1.78. The lowest BCUT2D eigenvalue weighted by molar-refractivity contribution is 0.475. The summed E-state index contributed by atoms with van der Waals surface area (Å²) in [6.07, 6.45) is 2.86. The van der Waals surface area contributed by atoms with Gasteiger partial charge in [0.25, 0.3) is 0 Å². The normalized spacial score (nSPS) is 14.0. The van der Waals surface area contributed by atoms with Crippen molar-refractivity contribution in [3.8, 4) is 5.75 Å². The van der Waals surface area contributed by atoms with Crippen LogP contribution in [-0.2, 0) is 13.0 Å². The number of hydrogen-bond acceptors (Lipinski definition) is 5. The Morgan fingerprint density at radius 2 is 2.06 bits per heavy atom. The number of benzene rings is 1. The van der Waals surface area contributed by atoms with Gasteiger partial charge in [0.15, 0.2) is 0 Å². The largest absolute Gasteiger partial charge is 0.508 e. The van der Waals surface area contributed by atoms with Crippen molar-refractivity contribution in [3.05, 3.63) is 41.7 Å². The van der Waals surface area contributed by atoms with Gasteiger partial charge in [-0.1, -0.05) is 0 Å². The molecule has 2 heterocycles. The van der Waals surface area contributed by atoms with E-state index in [9.17, 15) is 5.11 Å². The number of phenolic OH excluding ortho intramolecular Hbond substituents is 1. The molecule has 5 nitrogen and oxygen atoms in total. The van der Waals surface area contributed by atoms with Crippen LogP contribution < -0.4 is 10.6 Å². The topological polar surface area (TPSA) is 70.1 Å². The fraction of sp³-hybridized carbons (Fsp3) is 0.231. The monoisotopic (exact) mass is 242 g/mol. The molecule has 1 aliphatic heterocycles. The van der Waals surface area contributed by atoms with Crippen molar-refractivity contribution in [2.24, 2.45) is 0 Å². The first-order valence-corrected chi connectivity index (χ1v) is 5.93. The zero-order chi connectivity index (χ0) is 12.4. The van der Waals surface area contributed by atoms with Crippen molar-refractivity contribution in [1.82, 2.24) is 15.3 Å². The number of aromatic nitrogens is 2. The third-order valence-corrected chi connectivity index (χ3v) is 2.94. The van der Waals surface area contributed by atoms with Gasteiger partial charge in [-0.05, 0) is 42.8 Å². The van der Waals surface area contributed by atoms with Crippen LogP contribution in [0.4, 0.5) is 11.6 Å². The Hall–Kier alpha value is -2.14. The minimum Gasteiger partial charge on any atom is -0.508 e. The first kappa shape index (κ1) is 11.0. The molecule has 18 heavy (non-hydrogen) atoms. The molecular weight excluding hydrogens is 228 g/mol. The van der Waals surface area contributed by atoms with Crippen LogP contribution in [0.15, 0.2) is 30.5 Å². The molecular formula is C13H14N4O. The predicted molar refractivity (Wildman–Crippen MR) is 68.8 cm³/mol. The number of nitrogens with zero attached hydrogens (tertiary/aromatic N) is 2. The highest BCUT2D eigenvalue weighted by molar-refractivity contribution is 5.54. The van der Waals surface area contributed by atoms with Crippen LogP contribution in [0, 0.1) is 0 Å². The molecule has 0 saturated carbocycles. The number of rotatable bonds is 2. The summed E-state index contributed by atoms with van der Waals surface area (Å²) in [5, 5.41) is 15.6. The van der Waals surface area contributed by atoms with Gasteiger partial charge in [0.1, 0.15) is 5.75 Å². The highest BCUT2D eigenvalue weighted by atomic mass is 16.3. The second-order valence-electron chi connectivity index (χ2n) is 4.26. The van der Waals surface area contributed by atoms with E-state index in [1.807, 2.05) is 6.20 Å². The standard InChI is InChI=1S/C13H14N4O/c18-11-3-1-10(2-4-11)16-13-15-7-9-5-6-14-8-12(9)17-13/h1-4,7,14,18H,5-6,8H2,(H,15,16,17). The summed E-state index contributed by atoms with van der Waals surface area (Å²) in [5.41, 5.74) is 3.12. The molecule has 0 saturated heterocycles. The second kappa shape index (κ2) is 4.62. The quantitative estimate of drug-likeness (QED) is 0.697. The van der Waals surface area contributed by atoms with Crippen LogP contribution in [0.25, 0.3) is 0 Å². The molecule has 0 amide bonds. The van der Waals surface area contributed by atoms with Crippen molar-refractivity contribution < 1.29 is 5.11 Å². The van der Waals surface area contributed by atoms with Gasteiger partial charge in [0.05, 0.1) is 5.69 Å². The fourth-order valence-electron chi connectivity index (χ4n) is 1.97. The van der Waals surface area contributed by atoms with E-state index in [0.29, 0.717) is 5.95 Å². The molecule has 3 N–H and O–H groups in total. The molecule has 2 aromatic rings. The highest BCUT2D eigenvalue weighted by Gasteiger charge is 2.11. The Kier molecular flexibility index (Phi) is 2.82. The van der Waals surface area contributed by atoms with Crippen LogP contribution in [-0.4, -0.2) is 21.6 Å². The molecule has 1 aromatic carbocycles. The minimum atomic E-state index is 0.246. The van der Waals surface area contributed by atoms with E-state index >= 15 is 0 Å². The third-order valence-electron chi connectivity index (χ3n) is 2.94. The summed E-state index contributed by atoms with van der Waals surface area (Å²) >= 11 is 0. The Labute approximate surface area is 105 Å². The number of nitrogens with one attached hydrogen (secondary N) is 2. The molecule has 0 bridgehead atoms. The zero-order valence-electron chi connectivity index (χ0n) is 9.85. The number of aromatic hydroxyl groups is 1. The molecule has 5 heteroatoms. The van der Waals surface area contributed by atoms with Gasteiger partial charge in [-0.25, -0.2) is 9.97 Å². The number of hydrogen-bond donors (Lipinski definition) is 3. The fourth-order valence-corrected chi connectivity index (χ4v) is 1.97. The van der Waals surface area contributed by atoms with Gasteiger partial charge in [0, 0.05) is 18.4 Å². The molecule has 0 atom stereocenters. The van der Waals surface area contributed by atoms with E-state index in [2.05, 4.69) is 20.6 Å². The maximum atomic E-state index is 9.21. The van der Waals surface area contributed by atoms with Crippen LogP contribution in [0.5, 0.6) is 5.75 Å². The Morgan fingerprint density at radius 1 is 1.22 bits per heavy atom. The molecule has 0 spiro atoms. The maximum Gasteiger partial charge on any atom is 0.227 e. The molecule has 3 rings (SSSR count). The summed E-state index contributed by atoms with van der Waals surface area (Å²) in [7, 11) is 0. The van der Waals surface area contributed by atoms with Gasteiger partial charge in [-0.15, -0.1) is 0 Å². The van der Waals surface area contributed by atoms with Crippen LogP contribution >= 0.6 is 0 Å². The van der Waals surface area contributed by atoms with E-state index in [4.69, 9.17) is 0 Å². The lowest BCUT2D eigenvalue weighted by Gasteiger charge is -2.16. The van der Waals surface area contributed by atoms with Gasteiger partial charge in [0.2, 0.25) is 5.95 Å². The van der Waals surface area contributed by atoms with E-state index in [1.165, 1.54) is 5.56 Å². The van der Waals surface area contributed by atoms with Crippen molar-refractivity contribution in [2.45, 2.75) is 13.0 Å². The van der Waals surface area contributed by atoms with Gasteiger partial charge < -0.3 is 15.7 Å². The molecule has 0 radical (unpaired) electrons. The molecule has 1 aliphatic rings. The SMILES string of the molecule is Oc1ccc(Nc2ncc3c(n2)CNCC3)cc1. The molecule has 0 aliphatic carbocycles. The summed E-state index contributed by atoms with van der Waals surface area (Å²) < 4.78 is 0. The van der Waals surface area contributed by atoms with Crippen LogP contribution in [0.3, 0.4) is 0 Å². The first-order valence-electron chi connectivity index (χ1n) is 5.93. The average Bonchev–Trinajstić information content (AvgIpc) is 2.41. The van der Waals surface area contributed by atoms with Crippen molar-refractivity contribution in [3.63, 3.8) is 0 Å². The summed E-state index contributed by atoms with van der Waals surface area (Å²) in [4.78, 5) is 8.78. The molecule has 0 fully saturated rings. The van der Waals surface area contributed by atoms with Gasteiger partial charge in [-0.3, -0.25) is 0 Å². The van der Waals surface area contributed by atoms with Gasteiger partial charge >= 0.3 is 0 Å². The summed E-state index contributed by atoms with van der Waals surface area (Å²) in [5.74, 6) is 0.833. The highest BCUT2D eigenvalue weighted by Crippen LogP contribution is 2.18. The van der Waals surface area contributed by atoms with E-state index in [-0.39, 0.29) is 5.75 Å². The molecule has 92 valence electrons. The van der Waals surface area contributed by atoms with E-state index < -0.39 is 0 Å². The minimum absolute atomic E-state index is 0.246. The number of anilines is 2. The zero-order valence-corrected chi connectivity index (χ0v) is 9.85. The number of phenols is 1. The second-order valence-corrected chi connectivity index (χ2v) is 4.26. The lowest BCUT2D eigenvalue weighted by Crippen LogP contribution is -2.25.